The summed E-state index contributed by atoms with van der Waals surface area (Å²) in [5.74, 6) is 0.589. The molecule has 2 aliphatic heterocycles. The molecule has 2 amide bonds. The van der Waals surface area contributed by atoms with Crippen LogP contribution in [-0.2, 0) is 11.3 Å². The second-order valence-corrected chi connectivity index (χ2v) is 7.01. The van der Waals surface area contributed by atoms with E-state index in [0.29, 0.717) is 43.1 Å². The van der Waals surface area contributed by atoms with E-state index in [1.807, 2.05) is 19.1 Å². The average Bonchev–Trinajstić information content (AvgIpc) is 2.92. The first kappa shape index (κ1) is 19.7. The second kappa shape index (κ2) is 9.20. The molecule has 138 valence electrons. The number of halogens is 1. The van der Waals surface area contributed by atoms with Crippen LogP contribution in [0.1, 0.15) is 54.9 Å². The third kappa shape index (κ3) is 5.44. The Morgan fingerprint density at radius 1 is 1.08 bits per heavy atom. The van der Waals surface area contributed by atoms with E-state index in [1.165, 1.54) is 12.8 Å². The van der Waals surface area contributed by atoms with Gasteiger partial charge in [0.25, 0.3) is 5.91 Å². The Balaban J connectivity index is 0.00000225. The number of hydrogen-bond acceptors (Lipinski definition) is 3. The van der Waals surface area contributed by atoms with Gasteiger partial charge >= 0.3 is 0 Å². The monoisotopic (exact) mass is 365 g/mol. The number of fused-ring (bicyclic) bond motifs is 2. The van der Waals surface area contributed by atoms with Crippen LogP contribution in [0.25, 0.3) is 0 Å². The van der Waals surface area contributed by atoms with E-state index < -0.39 is 0 Å². The molecule has 2 saturated heterocycles. The summed E-state index contributed by atoms with van der Waals surface area (Å²) in [6.07, 6.45) is 5.42. The number of piperidine rings is 1. The molecule has 0 aromatic heterocycles. The molecule has 3 N–H and O–H groups in total. The first-order valence-electron chi connectivity index (χ1n) is 9.04. The molecule has 2 bridgehead atoms. The maximum absolute atomic E-state index is 12.2. The molecule has 5 nitrogen and oxygen atoms in total. The zero-order valence-electron chi connectivity index (χ0n) is 14.7. The lowest BCUT2D eigenvalue weighted by atomic mass is 9.89. The highest BCUT2D eigenvalue weighted by atomic mass is 35.5. The summed E-state index contributed by atoms with van der Waals surface area (Å²) in [5, 5.41) is 9.40. The fraction of sp³-hybridized carbons (Fsp3) is 0.579. The van der Waals surface area contributed by atoms with Crippen molar-refractivity contribution in [1.29, 1.82) is 0 Å². The molecule has 2 fully saturated rings. The van der Waals surface area contributed by atoms with Crippen LogP contribution in [0.5, 0.6) is 0 Å². The molecule has 0 saturated carbocycles. The molecule has 0 aliphatic carbocycles. The van der Waals surface area contributed by atoms with E-state index in [4.69, 9.17) is 0 Å². The van der Waals surface area contributed by atoms with Crippen LogP contribution in [0.3, 0.4) is 0 Å². The van der Waals surface area contributed by atoms with Crippen molar-refractivity contribution in [3.05, 3.63) is 35.4 Å². The number of hydrogen-bond donors (Lipinski definition) is 3. The maximum atomic E-state index is 12.2. The van der Waals surface area contributed by atoms with Crippen LogP contribution in [0.15, 0.2) is 24.3 Å². The Kier molecular flexibility index (Phi) is 7.26. The molecule has 2 heterocycles. The zero-order valence-corrected chi connectivity index (χ0v) is 15.5. The first-order chi connectivity index (χ1) is 11.6. The smallest absolute Gasteiger partial charge is 0.251 e. The van der Waals surface area contributed by atoms with Gasteiger partial charge in [-0.3, -0.25) is 9.59 Å². The number of nitrogens with one attached hydrogen (secondary N) is 3. The summed E-state index contributed by atoms with van der Waals surface area (Å²) in [7, 11) is 0. The molecule has 2 atom stereocenters. The van der Waals surface area contributed by atoms with Gasteiger partial charge in [0.15, 0.2) is 0 Å². The summed E-state index contributed by atoms with van der Waals surface area (Å²) in [6.45, 7) is 3.04. The van der Waals surface area contributed by atoms with Crippen molar-refractivity contribution in [1.82, 2.24) is 16.0 Å². The van der Waals surface area contributed by atoms with Crippen LogP contribution in [0.4, 0.5) is 0 Å². The zero-order chi connectivity index (χ0) is 16.9. The minimum atomic E-state index is -0.0615. The van der Waals surface area contributed by atoms with Crippen LogP contribution >= 0.6 is 12.4 Å². The standard InChI is InChI=1S/C19H27N3O2.ClH/c1-2-20-19(24)15-5-3-13(4-6-15)12-21-18(23)11-14-9-16-7-8-17(10-14)22-16;/h3-6,14,16-17,22H,2,7-12H2,1H3,(H,20,24)(H,21,23);1H. The van der Waals surface area contributed by atoms with Crippen molar-refractivity contribution in [3.63, 3.8) is 0 Å². The summed E-state index contributed by atoms with van der Waals surface area (Å²) in [5.41, 5.74) is 1.67. The van der Waals surface area contributed by atoms with Crippen molar-refractivity contribution in [2.24, 2.45) is 5.92 Å². The molecule has 0 radical (unpaired) electrons. The van der Waals surface area contributed by atoms with E-state index in [2.05, 4.69) is 16.0 Å². The quantitative estimate of drug-likeness (QED) is 0.725. The average molecular weight is 366 g/mol. The lowest BCUT2D eigenvalue weighted by Crippen LogP contribution is -2.39. The number of carbonyl (C=O) groups excluding carboxylic acids is 2. The molecular weight excluding hydrogens is 338 g/mol. The van der Waals surface area contributed by atoms with Gasteiger partial charge in [0.1, 0.15) is 0 Å². The molecule has 2 unspecified atom stereocenters. The van der Waals surface area contributed by atoms with Crippen molar-refractivity contribution in [2.75, 3.05) is 6.54 Å². The molecular formula is C19H28ClN3O2. The first-order valence-corrected chi connectivity index (χ1v) is 9.04. The van der Waals surface area contributed by atoms with Gasteiger partial charge in [-0.25, -0.2) is 0 Å². The van der Waals surface area contributed by atoms with Gasteiger partial charge in [-0.2, -0.15) is 0 Å². The SMILES string of the molecule is CCNC(=O)c1ccc(CNC(=O)CC2CC3CCC(C2)N3)cc1.Cl. The van der Waals surface area contributed by atoms with E-state index >= 15 is 0 Å². The number of rotatable bonds is 6. The Morgan fingerprint density at radius 2 is 1.72 bits per heavy atom. The van der Waals surface area contributed by atoms with Gasteiger partial charge in [-0.1, -0.05) is 12.1 Å². The summed E-state index contributed by atoms with van der Waals surface area (Å²) in [6, 6.07) is 8.66. The normalized spacial score (nSPS) is 24.3. The van der Waals surface area contributed by atoms with E-state index in [9.17, 15) is 9.59 Å². The minimum absolute atomic E-state index is 0. The van der Waals surface area contributed by atoms with E-state index in [0.717, 1.165) is 18.4 Å². The molecule has 3 rings (SSSR count). The van der Waals surface area contributed by atoms with E-state index in [1.54, 1.807) is 12.1 Å². The van der Waals surface area contributed by atoms with Gasteiger partial charge in [0.2, 0.25) is 5.91 Å². The van der Waals surface area contributed by atoms with Crippen molar-refractivity contribution in [3.8, 4) is 0 Å². The van der Waals surface area contributed by atoms with Gasteiger partial charge in [-0.15, -0.1) is 12.4 Å². The maximum Gasteiger partial charge on any atom is 0.251 e. The lowest BCUT2D eigenvalue weighted by Gasteiger charge is -2.28. The highest BCUT2D eigenvalue weighted by molar-refractivity contribution is 5.94. The summed E-state index contributed by atoms with van der Waals surface area (Å²) >= 11 is 0. The third-order valence-corrected chi connectivity index (χ3v) is 5.09. The van der Waals surface area contributed by atoms with Crippen LogP contribution in [-0.4, -0.2) is 30.4 Å². The van der Waals surface area contributed by atoms with Gasteiger partial charge < -0.3 is 16.0 Å². The summed E-state index contributed by atoms with van der Waals surface area (Å²) in [4.78, 5) is 23.9. The Labute approximate surface area is 155 Å². The molecule has 6 heteroatoms. The van der Waals surface area contributed by atoms with Crippen molar-refractivity contribution in [2.45, 2.75) is 57.7 Å². The fourth-order valence-electron chi connectivity index (χ4n) is 3.91. The Hall–Kier alpha value is -1.59. The fourth-order valence-corrected chi connectivity index (χ4v) is 3.91. The Bertz CT molecular complexity index is 579. The number of amides is 2. The lowest BCUT2D eigenvalue weighted by molar-refractivity contribution is -0.122. The molecule has 1 aromatic carbocycles. The predicted octanol–water partition coefficient (Wildman–Crippen LogP) is 2.40. The van der Waals surface area contributed by atoms with Crippen molar-refractivity contribution < 1.29 is 9.59 Å². The largest absolute Gasteiger partial charge is 0.352 e. The third-order valence-electron chi connectivity index (χ3n) is 5.09. The molecule has 1 aromatic rings. The van der Waals surface area contributed by atoms with Crippen LogP contribution < -0.4 is 16.0 Å². The topological polar surface area (TPSA) is 70.2 Å². The van der Waals surface area contributed by atoms with E-state index in [-0.39, 0.29) is 24.2 Å². The minimum Gasteiger partial charge on any atom is -0.352 e. The Morgan fingerprint density at radius 3 is 2.32 bits per heavy atom. The van der Waals surface area contributed by atoms with Crippen LogP contribution in [0, 0.1) is 5.92 Å². The highest BCUT2D eigenvalue weighted by Gasteiger charge is 2.34. The van der Waals surface area contributed by atoms with Crippen molar-refractivity contribution >= 4 is 24.2 Å². The number of benzene rings is 1. The molecule has 0 spiro atoms. The van der Waals surface area contributed by atoms with Gasteiger partial charge in [0, 0.05) is 37.2 Å². The van der Waals surface area contributed by atoms with Gasteiger partial charge in [0.05, 0.1) is 0 Å². The predicted molar refractivity (Wildman–Crippen MR) is 101 cm³/mol. The highest BCUT2D eigenvalue weighted by Crippen LogP contribution is 2.32. The second-order valence-electron chi connectivity index (χ2n) is 7.01. The molecule has 2 aliphatic rings. The summed E-state index contributed by atoms with van der Waals surface area (Å²) < 4.78 is 0. The van der Waals surface area contributed by atoms with Gasteiger partial charge in [-0.05, 0) is 56.2 Å². The molecule has 25 heavy (non-hydrogen) atoms. The number of carbonyl (C=O) groups is 2. The van der Waals surface area contributed by atoms with Crippen LogP contribution in [0.2, 0.25) is 0 Å².